The van der Waals surface area contributed by atoms with Gasteiger partial charge in [0, 0.05) is 30.2 Å². The first-order valence-corrected chi connectivity index (χ1v) is 11.6. The molecule has 1 unspecified atom stereocenters. The normalized spacial score (nSPS) is 11.1. The zero-order valence-electron chi connectivity index (χ0n) is 21.6. The molecule has 0 aromatic heterocycles. The summed E-state index contributed by atoms with van der Waals surface area (Å²) >= 11 is 0. The molecular weight excluding hydrogens is 450 g/mol. The van der Waals surface area contributed by atoms with Crippen LogP contribution in [0.2, 0.25) is 0 Å². The van der Waals surface area contributed by atoms with Crippen LogP contribution in [-0.4, -0.2) is 108 Å². The summed E-state index contributed by atoms with van der Waals surface area (Å²) in [6.45, 7) is 15.8. The maximum absolute atomic E-state index is 10.7. The van der Waals surface area contributed by atoms with Crippen LogP contribution in [0.5, 0.6) is 0 Å². The van der Waals surface area contributed by atoms with E-state index in [1.165, 1.54) is 26.6 Å². The number of aliphatic hydroxyl groups is 6. The summed E-state index contributed by atoms with van der Waals surface area (Å²) in [4.78, 5) is 23.0. The molecule has 0 saturated heterocycles. The van der Waals surface area contributed by atoms with Gasteiger partial charge in [-0.1, -0.05) is 13.5 Å². The number of aliphatic carboxylic acids is 1. The molecule has 0 heterocycles. The number of esters is 1. The third-order valence-electron chi connectivity index (χ3n) is 4.86. The quantitative estimate of drug-likeness (QED) is 0.0974. The van der Waals surface area contributed by atoms with Gasteiger partial charge in [0.15, 0.2) is 0 Å². The molecule has 0 saturated carbocycles. The molecule has 0 amide bonds. The van der Waals surface area contributed by atoms with Gasteiger partial charge in [-0.3, -0.25) is 0 Å². The van der Waals surface area contributed by atoms with Gasteiger partial charge in [-0.2, -0.15) is 0 Å². The highest BCUT2D eigenvalue weighted by Crippen LogP contribution is 2.29. The van der Waals surface area contributed by atoms with Crippen LogP contribution in [0.4, 0.5) is 0 Å². The number of quaternary nitrogens is 1. The van der Waals surface area contributed by atoms with Gasteiger partial charge in [0.2, 0.25) is 0 Å². The minimum atomic E-state index is -1.19. The van der Waals surface area contributed by atoms with Crippen LogP contribution in [0.15, 0.2) is 12.2 Å². The fourth-order valence-electron chi connectivity index (χ4n) is 2.35. The number of ether oxygens (including phenoxy) is 1. The average Bonchev–Trinajstić information content (AvgIpc) is 2.83. The van der Waals surface area contributed by atoms with Crippen molar-refractivity contribution in [3.8, 4) is 0 Å². The molecule has 0 spiro atoms. The second-order valence-corrected chi connectivity index (χ2v) is 7.34. The molecule has 0 aliphatic rings. The van der Waals surface area contributed by atoms with E-state index < -0.39 is 30.1 Å². The molecule has 206 valence electrons. The third kappa shape index (κ3) is 23.6. The van der Waals surface area contributed by atoms with Gasteiger partial charge in [-0.15, -0.1) is 0 Å². The molecule has 0 aliphatic carbocycles. The largest absolute Gasteiger partial charge is 0.550 e. The Morgan fingerprint density at radius 3 is 1.50 bits per heavy atom. The predicted octanol–water partition coefficient (Wildman–Crippen LogP) is -2.74. The van der Waals surface area contributed by atoms with E-state index in [0.717, 1.165) is 0 Å². The Morgan fingerprint density at radius 1 is 0.912 bits per heavy atom. The Morgan fingerprint density at radius 2 is 1.32 bits per heavy atom. The Kier molecular flexibility index (Phi) is 32.2. The monoisotopic (exact) mass is 499 g/mol. The summed E-state index contributed by atoms with van der Waals surface area (Å²) in [7, 11) is 0. The van der Waals surface area contributed by atoms with Gasteiger partial charge in [0.1, 0.15) is 12.7 Å². The van der Waals surface area contributed by atoms with E-state index in [4.69, 9.17) is 30.6 Å². The van der Waals surface area contributed by atoms with Crippen LogP contribution in [0.1, 0.15) is 53.9 Å². The first kappa shape index (κ1) is 39.6. The van der Waals surface area contributed by atoms with E-state index in [0.29, 0.717) is 6.42 Å². The molecule has 0 bridgehead atoms. The summed E-state index contributed by atoms with van der Waals surface area (Å²) in [5, 5.41) is 60.3. The van der Waals surface area contributed by atoms with E-state index in [-0.39, 0.29) is 51.4 Å². The van der Waals surface area contributed by atoms with Gasteiger partial charge in [-0.25, -0.2) is 4.79 Å². The fraction of sp³-hybridized carbons (Fsp3) is 0.826. The van der Waals surface area contributed by atoms with Gasteiger partial charge in [-0.05, 0) is 47.0 Å². The smallest absolute Gasteiger partial charge is 0.333 e. The second-order valence-electron chi connectivity index (χ2n) is 7.34. The average molecular weight is 500 g/mol. The first-order chi connectivity index (χ1) is 16.0. The number of nitrogens with one attached hydrogen (secondary N) is 1. The van der Waals surface area contributed by atoms with Crippen molar-refractivity contribution < 1.29 is 55.0 Å². The Bertz CT molecular complexity index is 471. The molecule has 11 nitrogen and oxygen atoms in total. The van der Waals surface area contributed by atoms with Crippen molar-refractivity contribution in [1.82, 2.24) is 0 Å². The zero-order chi connectivity index (χ0) is 27.6. The second kappa shape index (κ2) is 27.6. The SMILES string of the molecule is C=C(C)C(=O)OCC(O)CO.CCC(CCO)(CCO)C(=O)[O-].CC[NH+](CC)CC.OCCO. The molecule has 0 aromatic rings. The topological polar surface area (TPSA) is 192 Å². The minimum absolute atomic E-state index is 0.125. The van der Waals surface area contributed by atoms with Crippen molar-refractivity contribution >= 4 is 11.9 Å². The molecule has 11 heteroatoms. The minimum Gasteiger partial charge on any atom is -0.550 e. The summed E-state index contributed by atoms with van der Waals surface area (Å²) in [6, 6.07) is 0. The Labute approximate surface area is 204 Å². The van der Waals surface area contributed by atoms with Gasteiger partial charge < -0.3 is 50.2 Å². The van der Waals surface area contributed by atoms with Crippen molar-refractivity contribution in [2.24, 2.45) is 5.41 Å². The van der Waals surface area contributed by atoms with Crippen molar-refractivity contribution in [3.63, 3.8) is 0 Å². The number of carbonyl (C=O) groups excluding carboxylic acids is 2. The standard InChI is InChI=1S/C8H16O4.C7H12O4.C6H15N.C2H6O2/c1-2-8(3-5-9,4-6-10)7(11)12;1-5(2)7(10)11-4-6(9)3-8;1-4-7(5-2)6-3;3-1-2-4/h9-10H,2-6H2,1H3,(H,11,12);6,8-9H,1,3-4H2,2H3;4-6H2,1-3H3;3-4H,1-2H2. The number of hydrogen-bond acceptors (Lipinski definition) is 10. The first-order valence-electron chi connectivity index (χ1n) is 11.6. The van der Waals surface area contributed by atoms with Crippen LogP contribution in [-0.2, 0) is 14.3 Å². The van der Waals surface area contributed by atoms with Crippen molar-refractivity contribution in [1.29, 1.82) is 0 Å². The molecule has 0 aromatic carbocycles. The molecule has 0 aliphatic heterocycles. The Hall–Kier alpha value is -1.60. The number of hydrogen-bond donors (Lipinski definition) is 7. The van der Waals surface area contributed by atoms with Crippen LogP contribution in [0.3, 0.4) is 0 Å². The van der Waals surface area contributed by atoms with E-state index in [2.05, 4.69) is 32.1 Å². The lowest BCUT2D eigenvalue weighted by Gasteiger charge is -2.32. The highest BCUT2D eigenvalue weighted by Gasteiger charge is 2.28. The molecule has 0 radical (unpaired) electrons. The summed E-state index contributed by atoms with van der Waals surface area (Å²) in [6.07, 6.45) is -0.340. The summed E-state index contributed by atoms with van der Waals surface area (Å²) in [5.41, 5.74) is -0.779. The lowest BCUT2D eigenvalue weighted by Crippen LogP contribution is -3.11. The molecule has 1 atom stereocenters. The molecular formula is C23H49NO10. The highest BCUT2D eigenvalue weighted by molar-refractivity contribution is 5.86. The van der Waals surface area contributed by atoms with Crippen LogP contribution >= 0.6 is 0 Å². The number of carbonyl (C=O) groups is 2. The van der Waals surface area contributed by atoms with Gasteiger partial charge >= 0.3 is 5.97 Å². The number of rotatable bonds is 14. The maximum Gasteiger partial charge on any atom is 0.333 e. The number of carboxylic acids is 1. The van der Waals surface area contributed by atoms with Gasteiger partial charge in [0.25, 0.3) is 0 Å². The fourth-order valence-corrected chi connectivity index (χ4v) is 2.35. The van der Waals surface area contributed by atoms with E-state index in [1.807, 2.05) is 0 Å². The molecule has 34 heavy (non-hydrogen) atoms. The maximum atomic E-state index is 10.7. The lowest BCUT2D eigenvalue weighted by atomic mass is 9.79. The molecule has 0 rings (SSSR count). The van der Waals surface area contributed by atoms with Crippen LogP contribution in [0, 0.1) is 5.41 Å². The van der Waals surface area contributed by atoms with Crippen LogP contribution in [0.25, 0.3) is 0 Å². The van der Waals surface area contributed by atoms with Crippen LogP contribution < -0.4 is 10.0 Å². The van der Waals surface area contributed by atoms with Crippen molar-refractivity contribution in [2.75, 3.05) is 59.3 Å². The Balaban J connectivity index is -0.000000189. The third-order valence-corrected chi connectivity index (χ3v) is 4.86. The highest BCUT2D eigenvalue weighted by atomic mass is 16.5. The lowest BCUT2D eigenvalue weighted by molar-refractivity contribution is -0.894. The number of carboxylic acid groups (broad SMARTS) is 1. The predicted molar refractivity (Wildman–Crippen MR) is 127 cm³/mol. The van der Waals surface area contributed by atoms with E-state index >= 15 is 0 Å². The van der Waals surface area contributed by atoms with Gasteiger partial charge in [0.05, 0.1) is 39.5 Å². The summed E-state index contributed by atoms with van der Waals surface area (Å²) in [5.74, 6) is -1.74. The van der Waals surface area contributed by atoms with E-state index in [9.17, 15) is 14.7 Å². The number of aliphatic hydroxyl groups excluding tert-OH is 6. The van der Waals surface area contributed by atoms with Crippen molar-refractivity contribution in [2.45, 2.75) is 60.0 Å². The molecule has 7 N–H and O–H groups in total. The summed E-state index contributed by atoms with van der Waals surface area (Å²) < 4.78 is 4.51. The zero-order valence-corrected chi connectivity index (χ0v) is 21.6. The van der Waals surface area contributed by atoms with E-state index in [1.54, 1.807) is 11.8 Å². The molecule has 0 fully saturated rings. The van der Waals surface area contributed by atoms with Crippen molar-refractivity contribution in [3.05, 3.63) is 12.2 Å².